The number of hydrogen-bond acceptors (Lipinski definition) is 2. The molecule has 4 saturated carbocycles. The summed E-state index contributed by atoms with van der Waals surface area (Å²) in [7, 11) is 0. The highest BCUT2D eigenvalue weighted by Gasteiger charge is 2.51. The SMILES string of the molecule is O=C(CNC(=O)CC12CC3CC(CC(C3)C1)C2)NCCc1ccccc1. The van der Waals surface area contributed by atoms with Crippen molar-refractivity contribution in [2.75, 3.05) is 13.1 Å². The van der Waals surface area contributed by atoms with Crippen LogP contribution in [0, 0.1) is 23.2 Å². The van der Waals surface area contributed by atoms with Crippen molar-refractivity contribution in [3.63, 3.8) is 0 Å². The molecular weight excluding hydrogens is 324 g/mol. The van der Waals surface area contributed by atoms with Gasteiger partial charge in [0.1, 0.15) is 0 Å². The van der Waals surface area contributed by atoms with Gasteiger partial charge in [-0.15, -0.1) is 0 Å². The lowest BCUT2D eigenvalue weighted by Crippen LogP contribution is -2.48. The van der Waals surface area contributed by atoms with E-state index >= 15 is 0 Å². The molecule has 0 radical (unpaired) electrons. The number of benzene rings is 1. The van der Waals surface area contributed by atoms with E-state index in [-0.39, 0.29) is 23.8 Å². The van der Waals surface area contributed by atoms with Gasteiger partial charge in [0.05, 0.1) is 6.54 Å². The molecule has 0 spiro atoms. The molecule has 2 amide bonds. The normalized spacial score (nSPS) is 31.6. The molecule has 0 saturated heterocycles. The van der Waals surface area contributed by atoms with E-state index in [9.17, 15) is 9.59 Å². The maximum atomic E-state index is 12.4. The van der Waals surface area contributed by atoms with Gasteiger partial charge in [-0.1, -0.05) is 30.3 Å². The predicted molar refractivity (Wildman–Crippen MR) is 101 cm³/mol. The third kappa shape index (κ3) is 4.11. The van der Waals surface area contributed by atoms with Gasteiger partial charge in [0.2, 0.25) is 11.8 Å². The standard InChI is InChI=1S/C22H30N2O2/c25-20(14-22-11-17-8-18(12-22)10-19(9-17)13-22)24-15-21(26)23-7-6-16-4-2-1-3-5-16/h1-5,17-19H,6-15H2,(H,23,26)(H,24,25). The monoisotopic (exact) mass is 354 g/mol. The number of carbonyl (C=O) groups excluding carboxylic acids is 2. The summed E-state index contributed by atoms with van der Waals surface area (Å²) in [4.78, 5) is 24.4. The summed E-state index contributed by atoms with van der Waals surface area (Å²) < 4.78 is 0. The van der Waals surface area contributed by atoms with E-state index in [1.165, 1.54) is 44.1 Å². The second kappa shape index (κ2) is 7.42. The molecule has 1 aromatic rings. The largest absolute Gasteiger partial charge is 0.354 e. The molecule has 140 valence electrons. The first-order valence-corrected chi connectivity index (χ1v) is 10.2. The van der Waals surface area contributed by atoms with Crippen molar-refractivity contribution in [2.24, 2.45) is 23.2 Å². The third-order valence-electron chi connectivity index (χ3n) is 6.73. The number of hydrogen-bond donors (Lipinski definition) is 2. The van der Waals surface area contributed by atoms with Gasteiger partial charge in [-0.05, 0) is 73.7 Å². The fraction of sp³-hybridized carbons (Fsp3) is 0.636. The van der Waals surface area contributed by atoms with E-state index in [0.29, 0.717) is 13.0 Å². The fourth-order valence-corrected chi connectivity index (χ4v) is 6.14. The summed E-state index contributed by atoms with van der Waals surface area (Å²) >= 11 is 0. The molecule has 4 aliphatic rings. The van der Waals surface area contributed by atoms with Crippen LogP contribution >= 0.6 is 0 Å². The lowest BCUT2D eigenvalue weighted by atomic mass is 9.49. The van der Waals surface area contributed by atoms with Crippen LogP contribution in [0.1, 0.15) is 50.5 Å². The van der Waals surface area contributed by atoms with Gasteiger partial charge in [0, 0.05) is 13.0 Å². The van der Waals surface area contributed by atoms with Crippen molar-refractivity contribution in [1.82, 2.24) is 10.6 Å². The van der Waals surface area contributed by atoms with E-state index in [1.54, 1.807) is 0 Å². The van der Waals surface area contributed by atoms with Crippen molar-refractivity contribution in [1.29, 1.82) is 0 Å². The topological polar surface area (TPSA) is 58.2 Å². The van der Waals surface area contributed by atoms with Crippen LogP contribution in [0.2, 0.25) is 0 Å². The van der Waals surface area contributed by atoms with Crippen molar-refractivity contribution >= 4 is 11.8 Å². The molecule has 5 rings (SSSR count). The zero-order valence-electron chi connectivity index (χ0n) is 15.5. The Hall–Kier alpha value is -1.84. The third-order valence-corrected chi connectivity index (χ3v) is 6.73. The Bertz CT molecular complexity index is 620. The molecule has 0 aromatic heterocycles. The Morgan fingerprint density at radius 2 is 1.50 bits per heavy atom. The Morgan fingerprint density at radius 1 is 0.885 bits per heavy atom. The van der Waals surface area contributed by atoms with Gasteiger partial charge in [0.15, 0.2) is 0 Å². The van der Waals surface area contributed by atoms with Crippen LogP contribution < -0.4 is 10.6 Å². The first-order valence-electron chi connectivity index (χ1n) is 10.2. The van der Waals surface area contributed by atoms with Crippen LogP contribution in [0.3, 0.4) is 0 Å². The number of amides is 2. The average molecular weight is 354 g/mol. The molecule has 1 aromatic carbocycles. The van der Waals surface area contributed by atoms with Crippen LogP contribution in [0.5, 0.6) is 0 Å². The molecule has 4 fully saturated rings. The van der Waals surface area contributed by atoms with Crippen LogP contribution in [0.25, 0.3) is 0 Å². The molecule has 4 nitrogen and oxygen atoms in total. The van der Waals surface area contributed by atoms with Gasteiger partial charge >= 0.3 is 0 Å². The summed E-state index contributed by atoms with van der Waals surface area (Å²) in [5.41, 5.74) is 1.45. The Morgan fingerprint density at radius 3 is 2.12 bits per heavy atom. The molecule has 0 atom stereocenters. The minimum atomic E-state index is -0.0974. The zero-order valence-corrected chi connectivity index (χ0v) is 15.5. The number of carbonyl (C=O) groups is 2. The highest BCUT2D eigenvalue weighted by Crippen LogP contribution is 2.61. The molecule has 0 aliphatic heterocycles. The summed E-state index contributed by atoms with van der Waals surface area (Å²) in [6.07, 6.45) is 9.31. The van der Waals surface area contributed by atoms with Crippen LogP contribution in [0.15, 0.2) is 30.3 Å². The van der Waals surface area contributed by atoms with Gasteiger partial charge in [-0.25, -0.2) is 0 Å². The maximum Gasteiger partial charge on any atom is 0.239 e. The molecular formula is C22H30N2O2. The predicted octanol–water partition coefficient (Wildman–Crippen LogP) is 3.07. The van der Waals surface area contributed by atoms with Crippen molar-refractivity contribution in [2.45, 2.75) is 51.4 Å². The van der Waals surface area contributed by atoms with Crippen molar-refractivity contribution in [3.05, 3.63) is 35.9 Å². The molecule has 26 heavy (non-hydrogen) atoms. The Kier molecular flexibility index (Phi) is 5.01. The summed E-state index contributed by atoms with van der Waals surface area (Å²) in [5, 5.41) is 5.75. The molecule has 4 heteroatoms. The van der Waals surface area contributed by atoms with Crippen molar-refractivity contribution in [3.8, 4) is 0 Å². The molecule has 2 N–H and O–H groups in total. The first kappa shape index (κ1) is 17.6. The Balaban J connectivity index is 1.18. The molecule has 0 heterocycles. The fourth-order valence-electron chi connectivity index (χ4n) is 6.14. The second-order valence-corrected chi connectivity index (χ2v) is 8.96. The molecule has 0 unspecified atom stereocenters. The van der Waals surface area contributed by atoms with Crippen molar-refractivity contribution < 1.29 is 9.59 Å². The number of nitrogens with one attached hydrogen (secondary N) is 2. The smallest absolute Gasteiger partial charge is 0.239 e. The maximum absolute atomic E-state index is 12.4. The lowest BCUT2D eigenvalue weighted by molar-refractivity contribution is -0.131. The van der Waals surface area contributed by atoms with Crippen LogP contribution in [-0.4, -0.2) is 24.9 Å². The quantitative estimate of drug-likeness (QED) is 0.791. The van der Waals surface area contributed by atoms with E-state index in [0.717, 1.165) is 24.2 Å². The van der Waals surface area contributed by atoms with Gasteiger partial charge in [-0.2, -0.15) is 0 Å². The highest BCUT2D eigenvalue weighted by atomic mass is 16.2. The van der Waals surface area contributed by atoms with Gasteiger partial charge in [-0.3, -0.25) is 9.59 Å². The van der Waals surface area contributed by atoms with E-state index in [1.807, 2.05) is 18.2 Å². The van der Waals surface area contributed by atoms with E-state index in [2.05, 4.69) is 22.8 Å². The minimum absolute atomic E-state index is 0.0603. The second-order valence-electron chi connectivity index (χ2n) is 8.96. The molecule has 4 bridgehead atoms. The van der Waals surface area contributed by atoms with Crippen LogP contribution in [0.4, 0.5) is 0 Å². The van der Waals surface area contributed by atoms with Crippen LogP contribution in [-0.2, 0) is 16.0 Å². The lowest BCUT2D eigenvalue weighted by Gasteiger charge is -2.56. The first-order chi connectivity index (χ1) is 12.6. The van der Waals surface area contributed by atoms with Gasteiger partial charge in [0.25, 0.3) is 0 Å². The summed E-state index contributed by atoms with van der Waals surface area (Å²) in [6.45, 7) is 0.702. The minimum Gasteiger partial charge on any atom is -0.354 e. The average Bonchev–Trinajstić information content (AvgIpc) is 2.59. The van der Waals surface area contributed by atoms with E-state index in [4.69, 9.17) is 0 Å². The number of rotatable bonds is 7. The summed E-state index contributed by atoms with van der Waals surface area (Å²) in [5.74, 6) is 2.53. The van der Waals surface area contributed by atoms with Gasteiger partial charge < -0.3 is 10.6 Å². The molecule has 4 aliphatic carbocycles. The zero-order chi connectivity index (χ0) is 18.0. The highest BCUT2D eigenvalue weighted by molar-refractivity contribution is 5.84. The Labute approximate surface area is 156 Å². The van der Waals surface area contributed by atoms with E-state index < -0.39 is 0 Å². The summed E-state index contributed by atoms with van der Waals surface area (Å²) in [6, 6.07) is 10.1.